The molecule has 0 bridgehead atoms. The third kappa shape index (κ3) is 10.9. The third-order valence-electron chi connectivity index (χ3n) is 5.54. The van der Waals surface area contributed by atoms with E-state index in [0.717, 1.165) is 18.4 Å². The number of rotatable bonds is 14. The van der Waals surface area contributed by atoms with Crippen LogP contribution in [0.25, 0.3) is 0 Å². The van der Waals surface area contributed by atoms with Gasteiger partial charge in [-0.3, -0.25) is 19.2 Å². The maximum Gasteiger partial charge on any atom is 0.308 e. The molecule has 11 heteroatoms. The van der Waals surface area contributed by atoms with Crippen molar-refractivity contribution in [1.29, 1.82) is 0 Å². The number of esters is 3. The van der Waals surface area contributed by atoms with Gasteiger partial charge in [-0.25, -0.2) is 0 Å². The van der Waals surface area contributed by atoms with Crippen LogP contribution in [-0.4, -0.2) is 74.8 Å². The van der Waals surface area contributed by atoms with Crippen LogP contribution >= 0.6 is 0 Å². The molecule has 206 valence electrons. The molecule has 2 rings (SSSR count). The second kappa shape index (κ2) is 16.0. The summed E-state index contributed by atoms with van der Waals surface area (Å²) >= 11 is 0. The summed E-state index contributed by atoms with van der Waals surface area (Å²) < 4.78 is 33.1. The molecule has 0 unspecified atom stereocenters. The van der Waals surface area contributed by atoms with Crippen LogP contribution < -0.4 is 5.32 Å². The molecule has 5 atom stereocenters. The molecule has 0 saturated carbocycles. The summed E-state index contributed by atoms with van der Waals surface area (Å²) in [7, 11) is 1.22. The molecule has 1 amide bonds. The second-order valence-electron chi connectivity index (χ2n) is 8.67. The van der Waals surface area contributed by atoms with E-state index < -0.39 is 54.5 Å². The van der Waals surface area contributed by atoms with E-state index in [2.05, 4.69) is 5.32 Å². The summed E-state index contributed by atoms with van der Waals surface area (Å²) in [6.45, 7) is 5.08. The number of ether oxygens (including phenoxy) is 6. The molecular weight excluding hydrogens is 486 g/mol. The van der Waals surface area contributed by atoms with Crippen molar-refractivity contribution in [2.45, 2.75) is 83.7 Å². The third-order valence-corrected chi connectivity index (χ3v) is 5.54. The van der Waals surface area contributed by atoms with Gasteiger partial charge in [-0.1, -0.05) is 30.3 Å². The van der Waals surface area contributed by atoms with E-state index in [0.29, 0.717) is 19.6 Å². The van der Waals surface area contributed by atoms with Crippen LogP contribution in [0.1, 0.15) is 52.0 Å². The van der Waals surface area contributed by atoms with Crippen molar-refractivity contribution in [3.8, 4) is 0 Å². The van der Waals surface area contributed by atoms with Crippen LogP contribution in [0.5, 0.6) is 0 Å². The largest absolute Gasteiger partial charge is 0.469 e. The van der Waals surface area contributed by atoms with Crippen molar-refractivity contribution in [3.63, 3.8) is 0 Å². The van der Waals surface area contributed by atoms with Crippen molar-refractivity contribution in [2.24, 2.45) is 0 Å². The van der Waals surface area contributed by atoms with Gasteiger partial charge in [-0.15, -0.1) is 0 Å². The smallest absolute Gasteiger partial charge is 0.308 e. The average molecular weight is 524 g/mol. The number of carbonyl (C=O) groups is 4. The summed E-state index contributed by atoms with van der Waals surface area (Å²) in [6, 6.07) is 8.92. The molecule has 1 heterocycles. The van der Waals surface area contributed by atoms with Crippen LogP contribution in [0.3, 0.4) is 0 Å². The lowest BCUT2D eigenvalue weighted by Gasteiger charge is -2.45. The van der Waals surface area contributed by atoms with Gasteiger partial charge in [0.1, 0.15) is 12.1 Å². The van der Waals surface area contributed by atoms with Gasteiger partial charge in [0.25, 0.3) is 0 Å². The first-order chi connectivity index (χ1) is 17.7. The van der Waals surface area contributed by atoms with Crippen molar-refractivity contribution < 1.29 is 47.6 Å². The molecule has 37 heavy (non-hydrogen) atoms. The van der Waals surface area contributed by atoms with E-state index in [1.54, 1.807) is 0 Å². The lowest BCUT2D eigenvalue weighted by molar-refractivity contribution is -0.272. The molecule has 0 radical (unpaired) electrons. The summed E-state index contributed by atoms with van der Waals surface area (Å²) in [4.78, 5) is 47.6. The quantitative estimate of drug-likeness (QED) is 0.219. The Labute approximate surface area is 217 Å². The minimum atomic E-state index is -1.17. The molecule has 0 aromatic heterocycles. The monoisotopic (exact) mass is 523 g/mol. The number of benzene rings is 1. The Bertz CT molecular complexity index is 877. The van der Waals surface area contributed by atoms with E-state index in [4.69, 9.17) is 28.4 Å². The first-order valence-corrected chi connectivity index (χ1v) is 12.3. The predicted octanol–water partition coefficient (Wildman–Crippen LogP) is 2.05. The number of nitrogens with one attached hydrogen (secondary N) is 1. The number of carbonyl (C=O) groups excluding carboxylic acids is 4. The molecule has 1 aromatic rings. The van der Waals surface area contributed by atoms with Gasteiger partial charge in [0, 0.05) is 34.0 Å². The molecule has 1 fully saturated rings. The highest BCUT2D eigenvalue weighted by Gasteiger charge is 2.51. The highest BCUT2D eigenvalue weighted by atomic mass is 16.7. The maximum atomic E-state index is 12.0. The second-order valence-corrected chi connectivity index (χ2v) is 8.67. The summed E-state index contributed by atoms with van der Waals surface area (Å²) in [5.74, 6) is -2.37. The number of hydrogen-bond acceptors (Lipinski definition) is 10. The Kier molecular flexibility index (Phi) is 13.0. The Morgan fingerprint density at radius 3 is 2.16 bits per heavy atom. The molecular formula is C26H37NO10. The van der Waals surface area contributed by atoms with E-state index in [1.807, 2.05) is 30.3 Å². The minimum absolute atomic E-state index is 0.273. The van der Waals surface area contributed by atoms with Gasteiger partial charge in [0.05, 0.1) is 20.1 Å². The zero-order valence-electron chi connectivity index (χ0n) is 21.8. The number of amides is 1. The van der Waals surface area contributed by atoms with Crippen LogP contribution in [0.2, 0.25) is 0 Å². The Hall–Kier alpha value is -3.02. The zero-order valence-corrected chi connectivity index (χ0v) is 21.8. The van der Waals surface area contributed by atoms with Gasteiger partial charge >= 0.3 is 17.9 Å². The summed E-state index contributed by atoms with van der Waals surface area (Å²) in [5.41, 5.74) is 1.11. The molecule has 0 aliphatic carbocycles. The fourth-order valence-electron chi connectivity index (χ4n) is 3.96. The van der Waals surface area contributed by atoms with Gasteiger partial charge in [-0.2, -0.15) is 0 Å². The van der Waals surface area contributed by atoms with Gasteiger partial charge in [-0.05, 0) is 24.8 Å². The van der Waals surface area contributed by atoms with Crippen molar-refractivity contribution in [2.75, 3.05) is 20.3 Å². The standard InChI is InChI=1S/C26H37NO10/c1-17(28)27-23-25(36-19(3)30)24(35-18(2)29)21(15-22(31)32-4)37-26(23)34-14-10-6-9-13-33-16-20-11-7-5-8-12-20/h5,7-8,11-12,21,23-26H,6,9-10,13-16H2,1-4H3,(H,27,28)/t21-,23-,24-,25-,26-/m1/s1. The lowest BCUT2D eigenvalue weighted by atomic mass is 9.94. The Morgan fingerprint density at radius 1 is 0.892 bits per heavy atom. The molecule has 0 spiro atoms. The number of hydrogen-bond donors (Lipinski definition) is 1. The molecule has 1 aliphatic heterocycles. The molecule has 1 aliphatic rings. The van der Waals surface area contributed by atoms with Crippen LogP contribution in [-0.2, 0) is 54.2 Å². The highest BCUT2D eigenvalue weighted by molar-refractivity contribution is 5.74. The topological polar surface area (TPSA) is 136 Å². The fraction of sp³-hybridized carbons (Fsp3) is 0.615. The number of methoxy groups -OCH3 is 1. The average Bonchev–Trinajstić information content (AvgIpc) is 2.84. The zero-order chi connectivity index (χ0) is 27.2. The van der Waals surface area contributed by atoms with Gasteiger partial charge < -0.3 is 33.7 Å². The molecule has 1 aromatic carbocycles. The Balaban J connectivity index is 1.99. The van der Waals surface area contributed by atoms with Crippen molar-refractivity contribution in [3.05, 3.63) is 35.9 Å². The fourth-order valence-corrected chi connectivity index (χ4v) is 3.96. The SMILES string of the molecule is COC(=O)C[C@H]1O[C@@H](OCCCCCOCc2ccccc2)[C@H](NC(C)=O)[C@@H](OC(C)=O)[C@@H]1OC(C)=O. The molecule has 1 N–H and O–H groups in total. The van der Waals surface area contributed by atoms with Crippen molar-refractivity contribution in [1.82, 2.24) is 5.32 Å². The maximum absolute atomic E-state index is 12.0. The van der Waals surface area contributed by atoms with Gasteiger partial charge in [0.15, 0.2) is 18.5 Å². The first kappa shape index (κ1) is 30.2. The minimum Gasteiger partial charge on any atom is -0.469 e. The van der Waals surface area contributed by atoms with E-state index in [1.165, 1.54) is 27.9 Å². The lowest BCUT2D eigenvalue weighted by Crippen LogP contribution is -2.66. The number of unbranched alkanes of at least 4 members (excludes halogenated alkanes) is 2. The van der Waals surface area contributed by atoms with Crippen LogP contribution in [0.4, 0.5) is 0 Å². The predicted molar refractivity (Wildman–Crippen MR) is 130 cm³/mol. The normalized spacial score (nSPS) is 23.1. The first-order valence-electron chi connectivity index (χ1n) is 12.3. The summed E-state index contributed by atoms with van der Waals surface area (Å²) in [5, 5.41) is 2.67. The molecule has 11 nitrogen and oxygen atoms in total. The van der Waals surface area contributed by atoms with Gasteiger partial charge in [0.2, 0.25) is 5.91 Å². The van der Waals surface area contributed by atoms with E-state index >= 15 is 0 Å². The molecule has 1 saturated heterocycles. The van der Waals surface area contributed by atoms with E-state index in [9.17, 15) is 19.2 Å². The Morgan fingerprint density at radius 2 is 1.54 bits per heavy atom. The highest BCUT2D eigenvalue weighted by Crippen LogP contribution is 2.29. The van der Waals surface area contributed by atoms with E-state index in [-0.39, 0.29) is 13.0 Å². The van der Waals surface area contributed by atoms with Crippen LogP contribution in [0, 0.1) is 0 Å². The summed E-state index contributed by atoms with van der Waals surface area (Å²) in [6.07, 6.45) is -2.37. The van der Waals surface area contributed by atoms with Crippen LogP contribution in [0.15, 0.2) is 30.3 Å². The van der Waals surface area contributed by atoms with Crippen molar-refractivity contribution >= 4 is 23.8 Å².